The van der Waals surface area contributed by atoms with Gasteiger partial charge in [-0.3, -0.25) is 9.78 Å². The highest BCUT2D eigenvalue weighted by molar-refractivity contribution is 9.10. The molecule has 0 radical (unpaired) electrons. The van der Waals surface area contributed by atoms with E-state index in [1.165, 1.54) is 0 Å². The fourth-order valence-corrected chi connectivity index (χ4v) is 3.91. The fraction of sp³-hybridized carbons (Fsp3) is 0.227. The highest BCUT2D eigenvalue weighted by Gasteiger charge is 2.25. The molecule has 4 rings (SSSR count). The first-order valence-corrected chi connectivity index (χ1v) is 9.87. The number of esters is 1. The minimum atomic E-state index is -0.478. The van der Waals surface area contributed by atoms with Crippen LogP contribution in [0.25, 0.3) is 10.9 Å². The normalized spacial score (nSPS) is 13.9. The molecule has 0 N–H and O–H groups in total. The zero-order valence-corrected chi connectivity index (χ0v) is 17.0. The molecular formula is C22H19BrN2O3. The Hall–Kier alpha value is -2.57. The molecule has 0 amide bonds. The molecular weight excluding hydrogens is 420 g/mol. The van der Waals surface area contributed by atoms with Gasteiger partial charge in [0.1, 0.15) is 0 Å². The molecule has 5 nitrogen and oxygen atoms in total. The molecule has 0 unspecified atom stereocenters. The van der Waals surface area contributed by atoms with E-state index in [4.69, 9.17) is 9.72 Å². The number of fused-ring (bicyclic) bond motifs is 2. The molecule has 6 heteroatoms. The molecule has 0 saturated carbocycles. The highest BCUT2D eigenvalue weighted by Crippen LogP contribution is 2.28. The van der Waals surface area contributed by atoms with Crippen molar-refractivity contribution in [2.24, 2.45) is 0 Å². The van der Waals surface area contributed by atoms with Gasteiger partial charge in [0.05, 0.1) is 11.1 Å². The number of likely N-dealkylation sites (N-methyl/N-ethyl adjacent to an activating group) is 1. The first kappa shape index (κ1) is 18.8. The van der Waals surface area contributed by atoms with Gasteiger partial charge in [-0.15, -0.1) is 0 Å². The monoisotopic (exact) mass is 438 g/mol. The number of rotatable bonds is 4. The maximum absolute atomic E-state index is 13.0. The second-order valence-electron chi connectivity index (χ2n) is 6.93. The van der Waals surface area contributed by atoms with E-state index < -0.39 is 5.97 Å². The van der Waals surface area contributed by atoms with Gasteiger partial charge in [-0.05, 0) is 25.2 Å². The Morgan fingerprint density at radius 1 is 1.18 bits per heavy atom. The number of carbonyl (C=O) groups excluding carboxylic acids is 2. The number of ketones is 1. The second kappa shape index (κ2) is 7.81. The number of hydrogen-bond acceptors (Lipinski definition) is 5. The minimum Gasteiger partial charge on any atom is -0.454 e. The van der Waals surface area contributed by atoms with Crippen molar-refractivity contribution in [1.29, 1.82) is 0 Å². The molecule has 1 aliphatic rings. The molecule has 142 valence electrons. The van der Waals surface area contributed by atoms with Crippen LogP contribution in [0.15, 0.2) is 53.0 Å². The van der Waals surface area contributed by atoms with Crippen LogP contribution in [0.1, 0.15) is 32.0 Å². The predicted molar refractivity (Wildman–Crippen MR) is 111 cm³/mol. The molecule has 0 bridgehead atoms. The number of hydrogen-bond donors (Lipinski definition) is 0. The van der Waals surface area contributed by atoms with Gasteiger partial charge in [0.15, 0.2) is 12.4 Å². The van der Waals surface area contributed by atoms with Crippen LogP contribution < -0.4 is 0 Å². The number of nitrogens with zero attached hydrogens (tertiary/aromatic N) is 2. The van der Waals surface area contributed by atoms with Crippen molar-refractivity contribution >= 4 is 38.6 Å². The van der Waals surface area contributed by atoms with Crippen molar-refractivity contribution in [2.75, 3.05) is 20.2 Å². The average molecular weight is 439 g/mol. The van der Waals surface area contributed by atoms with E-state index in [0.29, 0.717) is 17.7 Å². The molecule has 0 saturated heterocycles. The zero-order valence-electron chi connectivity index (χ0n) is 15.4. The first-order chi connectivity index (χ1) is 13.5. The van der Waals surface area contributed by atoms with Crippen molar-refractivity contribution in [3.63, 3.8) is 0 Å². The third-order valence-corrected chi connectivity index (χ3v) is 5.42. The number of carbonyl (C=O) groups is 2. The van der Waals surface area contributed by atoms with E-state index in [1.54, 1.807) is 18.2 Å². The summed E-state index contributed by atoms with van der Waals surface area (Å²) in [5.74, 6) is -0.715. The predicted octanol–water partition coefficient (Wildman–Crippen LogP) is 4.02. The molecule has 3 aromatic rings. The van der Waals surface area contributed by atoms with Gasteiger partial charge in [0.2, 0.25) is 0 Å². The molecule has 0 fully saturated rings. The van der Waals surface area contributed by atoms with E-state index in [9.17, 15) is 9.59 Å². The molecule has 0 spiro atoms. The Morgan fingerprint density at radius 3 is 2.82 bits per heavy atom. The smallest absolute Gasteiger partial charge is 0.339 e. The van der Waals surface area contributed by atoms with Gasteiger partial charge in [0.25, 0.3) is 0 Å². The Labute approximate surface area is 171 Å². The SMILES string of the molecule is CN1CCc2nc3ccccc3c(C(=O)OCC(=O)c3cccc(Br)c3)c2C1. The third-order valence-electron chi connectivity index (χ3n) is 4.92. The summed E-state index contributed by atoms with van der Waals surface area (Å²) in [4.78, 5) is 32.3. The number of halogens is 1. The first-order valence-electron chi connectivity index (χ1n) is 9.08. The Balaban J connectivity index is 1.65. The van der Waals surface area contributed by atoms with E-state index in [1.807, 2.05) is 37.4 Å². The molecule has 0 atom stereocenters. The number of ether oxygens (including phenoxy) is 1. The van der Waals surface area contributed by atoms with Crippen LogP contribution in [0.5, 0.6) is 0 Å². The van der Waals surface area contributed by atoms with Gasteiger partial charge >= 0.3 is 5.97 Å². The molecule has 1 aliphatic heterocycles. The summed E-state index contributed by atoms with van der Waals surface area (Å²) in [6.07, 6.45) is 0.786. The topological polar surface area (TPSA) is 59.5 Å². The van der Waals surface area contributed by atoms with E-state index in [-0.39, 0.29) is 12.4 Å². The maximum Gasteiger partial charge on any atom is 0.339 e. The second-order valence-corrected chi connectivity index (χ2v) is 7.84. The van der Waals surface area contributed by atoms with E-state index in [2.05, 4.69) is 20.8 Å². The van der Waals surface area contributed by atoms with Crippen LogP contribution >= 0.6 is 15.9 Å². The van der Waals surface area contributed by atoms with Crippen molar-refractivity contribution in [3.05, 3.63) is 75.4 Å². The van der Waals surface area contributed by atoms with Gasteiger partial charge < -0.3 is 9.64 Å². The van der Waals surface area contributed by atoms with E-state index in [0.717, 1.165) is 39.6 Å². The lowest BCUT2D eigenvalue weighted by atomic mass is 9.96. The van der Waals surface area contributed by atoms with Crippen LogP contribution in [-0.4, -0.2) is 41.8 Å². The third kappa shape index (κ3) is 3.70. The van der Waals surface area contributed by atoms with Crippen LogP contribution in [0.4, 0.5) is 0 Å². The lowest BCUT2D eigenvalue weighted by Crippen LogP contribution is -2.29. The average Bonchev–Trinajstić information content (AvgIpc) is 2.70. The maximum atomic E-state index is 13.0. The highest BCUT2D eigenvalue weighted by atomic mass is 79.9. The van der Waals surface area contributed by atoms with Crippen LogP contribution in [0.2, 0.25) is 0 Å². The summed E-state index contributed by atoms with van der Waals surface area (Å²) in [6, 6.07) is 14.6. The fourth-order valence-electron chi connectivity index (χ4n) is 3.51. The summed E-state index contributed by atoms with van der Waals surface area (Å²) in [6.45, 7) is 1.24. The standard InChI is InChI=1S/C22H19BrN2O3/c1-25-10-9-19-17(12-25)21(16-7-2-3-8-18(16)24-19)22(27)28-13-20(26)14-5-4-6-15(23)11-14/h2-8,11H,9-10,12-13H2,1H3. The van der Waals surface area contributed by atoms with Crippen molar-refractivity contribution in [3.8, 4) is 0 Å². The molecule has 0 aliphatic carbocycles. The van der Waals surface area contributed by atoms with Crippen LogP contribution in [0.3, 0.4) is 0 Å². The van der Waals surface area contributed by atoms with Crippen molar-refractivity contribution in [2.45, 2.75) is 13.0 Å². The molecule has 2 heterocycles. The van der Waals surface area contributed by atoms with Crippen molar-refractivity contribution in [1.82, 2.24) is 9.88 Å². The Kier molecular flexibility index (Phi) is 5.24. The number of pyridine rings is 1. The summed E-state index contributed by atoms with van der Waals surface area (Å²) in [5, 5.41) is 0.761. The summed E-state index contributed by atoms with van der Waals surface area (Å²) in [7, 11) is 2.02. The van der Waals surface area contributed by atoms with Crippen LogP contribution in [0, 0.1) is 0 Å². The number of benzene rings is 2. The summed E-state index contributed by atoms with van der Waals surface area (Å²) in [5.41, 5.74) is 3.63. The van der Waals surface area contributed by atoms with Crippen LogP contribution in [-0.2, 0) is 17.7 Å². The summed E-state index contributed by atoms with van der Waals surface area (Å²) >= 11 is 3.35. The van der Waals surface area contributed by atoms with Gasteiger partial charge in [-0.2, -0.15) is 0 Å². The Bertz CT molecular complexity index is 1080. The van der Waals surface area contributed by atoms with Gasteiger partial charge in [-0.25, -0.2) is 4.79 Å². The largest absolute Gasteiger partial charge is 0.454 e. The van der Waals surface area contributed by atoms with E-state index >= 15 is 0 Å². The molecule has 1 aromatic heterocycles. The number of Topliss-reactive ketones (excluding diaryl/α,β-unsaturated/α-hetero) is 1. The van der Waals surface area contributed by atoms with Gasteiger partial charge in [-0.1, -0.05) is 46.3 Å². The minimum absolute atomic E-state index is 0.237. The summed E-state index contributed by atoms with van der Waals surface area (Å²) < 4.78 is 6.25. The van der Waals surface area contributed by atoms with Gasteiger partial charge in [0, 0.05) is 46.2 Å². The zero-order chi connectivity index (χ0) is 19.7. The molecule has 2 aromatic carbocycles. The Morgan fingerprint density at radius 2 is 2.00 bits per heavy atom. The molecule has 28 heavy (non-hydrogen) atoms. The number of para-hydroxylation sites is 1. The lowest BCUT2D eigenvalue weighted by molar-refractivity contribution is 0.0474. The lowest BCUT2D eigenvalue weighted by Gasteiger charge is -2.26. The number of aromatic nitrogens is 1. The van der Waals surface area contributed by atoms with Crippen molar-refractivity contribution < 1.29 is 14.3 Å². The quantitative estimate of drug-likeness (QED) is 0.454.